The van der Waals surface area contributed by atoms with Crippen molar-refractivity contribution in [3.8, 4) is 5.69 Å². The first kappa shape index (κ1) is 17.2. The van der Waals surface area contributed by atoms with Crippen molar-refractivity contribution in [2.24, 2.45) is 0 Å². The summed E-state index contributed by atoms with van der Waals surface area (Å²) in [5.74, 6) is -0.0301. The maximum absolute atomic E-state index is 12.3. The maximum Gasteiger partial charge on any atom is 0.246 e. The van der Waals surface area contributed by atoms with E-state index in [0.29, 0.717) is 6.54 Å². The van der Waals surface area contributed by atoms with Crippen LogP contribution >= 0.6 is 11.3 Å². The zero-order valence-electron chi connectivity index (χ0n) is 14.6. The van der Waals surface area contributed by atoms with Crippen molar-refractivity contribution in [3.05, 3.63) is 76.0 Å². The molecule has 1 amide bonds. The van der Waals surface area contributed by atoms with Gasteiger partial charge in [0.05, 0.1) is 17.7 Å². The molecule has 0 aliphatic heterocycles. The Morgan fingerprint density at radius 3 is 2.72 bits per heavy atom. The third kappa shape index (κ3) is 3.88. The molecule has 0 radical (unpaired) electrons. The normalized spacial score (nSPS) is 11.2. The van der Waals surface area contributed by atoms with Gasteiger partial charge in [-0.15, -0.1) is 11.3 Å². The quantitative estimate of drug-likeness (QED) is 0.646. The lowest BCUT2D eigenvalue weighted by Crippen LogP contribution is -2.24. The molecule has 25 heavy (non-hydrogen) atoms. The number of hydrogen-bond acceptors (Lipinski definition) is 3. The van der Waals surface area contributed by atoms with Gasteiger partial charge in [0.25, 0.3) is 0 Å². The van der Waals surface area contributed by atoms with Gasteiger partial charge in [-0.3, -0.25) is 4.79 Å². The summed E-state index contributed by atoms with van der Waals surface area (Å²) in [7, 11) is 1.79. The number of para-hydroxylation sites is 1. The summed E-state index contributed by atoms with van der Waals surface area (Å²) in [6, 6.07) is 12.3. The summed E-state index contributed by atoms with van der Waals surface area (Å²) in [6.45, 7) is 4.67. The van der Waals surface area contributed by atoms with Gasteiger partial charge < -0.3 is 9.47 Å². The van der Waals surface area contributed by atoms with Gasteiger partial charge in [-0.05, 0) is 43.7 Å². The Bertz CT molecular complexity index is 879. The molecule has 0 aliphatic carbocycles. The van der Waals surface area contributed by atoms with E-state index in [4.69, 9.17) is 0 Å². The number of carbonyl (C=O) groups is 1. The molecule has 0 atom stereocenters. The summed E-state index contributed by atoms with van der Waals surface area (Å²) < 4.78 is 2.20. The van der Waals surface area contributed by atoms with Crippen molar-refractivity contribution in [2.45, 2.75) is 20.4 Å². The zero-order valence-corrected chi connectivity index (χ0v) is 15.5. The van der Waals surface area contributed by atoms with Gasteiger partial charge in [0.1, 0.15) is 0 Å². The number of likely N-dealkylation sites (N-methyl/N-ethyl adjacent to an activating group) is 1. The first-order valence-electron chi connectivity index (χ1n) is 8.11. The van der Waals surface area contributed by atoms with Crippen LogP contribution in [0.15, 0.2) is 53.4 Å². The van der Waals surface area contributed by atoms with E-state index in [9.17, 15) is 4.79 Å². The van der Waals surface area contributed by atoms with Gasteiger partial charge >= 0.3 is 0 Å². The molecule has 0 N–H and O–H groups in total. The predicted molar refractivity (Wildman–Crippen MR) is 103 cm³/mol. The minimum absolute atomic E-state index is 0.0301. The summed E-state index contributed by atoms with van der Waals surface area (Å²) in [4.78, 5) is 18.2. The molecule has 3 aromatic rings. The smallest absolute Gasteiger partial charge is 0.246 e. The number of aryl methyl sites for hydroxylation is 1. The number of rotatable bonds is 5. The van der Waals surface area contributed by atoms with Crippen LogP contribution in [0.5, 0.6) is 0 Å². The fourth-order valence-electron chi connectivity index (χ4n) is 2.86. The van der Waals surface area contributed by atoms with Crippen LogP contribution in [0.3, 0.4) is 0 Å². The highest BCUT2D eigenvalue weighted by molar-refractivity contribution is 7.07. The minimum Gasteiger partial charge on any atom is -0.336 e. The second-order valence-corrected chi connectivity index (χ2v) is 6.72. The molecule has 0 spiro atoms. The van der Waals surface area contributed by atoms with E-state index in [-0.39, 0.29) is 5.91 Å². The molecule has 5 heteroatoms. The number of thiazole rings is 1. The summed E-state index contributed by atoms with van der Waals surface area (Å²) in [5, 5.41) is 1.96. The molecule has 0 bridgehead atoms. The van der Waals surface area contributed by atoms with Gasteiger partial charge in [-0.1, -0.05) is 18.2 Å². The van der Waals surface area contributed by atoms with Crippen LogP contribution in [0.1, 0.15) is 22.6 Å². The second kappa shape index (κ2) is 7.49. The number of nitrogens with zero attached hydrogens (tertiary/aromatic N) is 3. The van der Waals surface area contributed by atoms with Gasteiger partial charge in [-0.25, -0.2) is 4.98 Å². The number of carbonyl (C=O) groups excluding carboxylic acids is 1. The third-order valence-corrected chi connectivity index (χ3v) is 4.78. The number of amides is 1. The Morgan fingerprint density at radius 1 is 1.28 bits per heavy atom. The lowest BCUT2D eigenvalue weighted by molar-refractivity contribution is -0.125. The van der Waals surface area contributed by atoms with E-state index < -0.39 is 0 Å². The van der Waals surface area contributed by atoms with E-state index in [2.05, 4.69) is 41.6 Å². The van der Waals surface area contributed by atoms with Gasteiger partial charge in [0.2, 0.25) is 5.91 Å². The molecule has 0 saturated heterocycles. The van der Waals surface area contributed by atoms with Crippen LogP contribution in [-0.4, -0.2) is 27.4 Å². The fourth-order valence-corrected chi connectivity index (χ4v) is 3.41. The lowest BCUT2D eigenvalue weighted by atomic mass is 10.2. The molecular weight excluding hydrogens is 330 g/mol. The molecule has 1 aromatic carbocycles. The van der Waals surface area contributed by atoms with E-state index in [0.717, 1.165) is 28.3 Å². The molecule has 2 aromatic heterocycles. The van der Waals surface area contributed by atoms with Crippen LogP contribution in [0.25, 0.3) is 11.8 Å². The van der Waals surface area contributed by atoms with Crippen LogP contribution in [0.2, 0.25) is 0 Å². The first-order chi connectivity index (χ1) is 12.1. The zero-order chi connectivity index (χ0) is 17.8. The largest absolute Gasteiger partial charge is 0.336 e. The standard InChI is InChI=1S/C20H21N3OS/c1-15-11-17(16(2)23(15)19-7-5-4-6-8-19)9-10-20(24)22(3)12-18-13-25-14-21-18/h4-11,13-14H,12H2,1-3H3. The van der Waals surface area contributed by atoms with Crippen LogP contribution in [0, 0.1) is 13.8 Å². The van der Waals surface area contributed by atoms with E-state index in [1.54, 1.807) is 23.5 Å². The monoisotopic (exact) mass is 351 g/mol. The molecule has 0 aliphatic rings. The molecular formula is C20H21N3OS. The highest BCUT2D eigenvalue weighted by atomic mass is 32.1. The Labute approximate surface area is 152 Å². The fraction of sp³-hybridized carbons (Fsp3) is 0.200. The highest BCUT2D eigenvalue weighted by Gasteiger charge is 2.10. The molecule has 4 nitrogen and oxygen atoms in total. The average Bonchev–Trinajstić information content (AvgIpc) is 3.21. The van der Waals surface area contributed by atoms with Gasteiger partial charge in [-0.2, -0.15) is 0 Å². The Balaban J connectivity index is 1.76. The van der Waals surface area contributed by atoms with Gasteiger partial charge in [0.15, 0.2) is 0 Å². The van der Waals surface area contributed by atoms with Crippen molar-refractivity contribution in [1.29, 1.82) is 0 Å². The van der Waals surface area contributed by atoms with Crippen molar-refractivity contribution in [3.63, 3.8) is 0 Å². The molecule has 128 valence electrons. The first-order valence-corrected chi connectivity index (χ1v) is 9.05. The second-order valence-electron chi connectivity index (χ2n) is 6.00. The molecule has 0 fully saturated rings. The SMILES string of the molecule is Cc1cc(C=CC(=O)N(C)Cc2cscn2)c(C)n1-c1ccccc1. The molecule has 0 unspecified atom stereocenters. The third-order valence-electron chi connectivity index (χ3n) is 4.15. The van der Waals surface area contributed by atoms with Crippen molar-refractivity contribution >= 4 is 23.3 Å². The number of benzene rings is 1. The lowest BCUT2D eigenvalue weighted by Gasteiger charge is -2.13. The summed E-state index contributed by atoms with van der Waals surface area (Å²) in [5.41, 5.74) is 7.14. The highest BCUT2D eigenvalue weighted by Crippen LogP contribution is 2.21. The number of aromatic nitrogens is 2. The predicted octanol–water partition coefficient (Wildman–Crippen LogP) is 4.22. The Hall–Kier alpha value is -2.66. The Morgan fingerprint density at radius 2 is 2.04 bits per heavy atom. The average molecular weight is 351 g/mol. The van der Waals surface area contributed by atoms with Gasteiger partial charge in [0, 0.05) is 35.6 Å². The number of hydrogen-bond donors (Lipinski definition) is 0. The molecule has 2 heterocycles. The Kier molecular flexibility index (Phi) is 5.14. The van der Waals surface area contributed by atoms with E-state index >= 15 is 0 Å². The summed E-state index contributed by atoms with van der Waals surface area (Å²) in [6.07, 6.45) is 3.52. The van der Waals surface area contributed by atoms with Crippen molar-refractivity contribution in [2.75, 3.05) is 7.05 Å². The summed E-state index contributed by atoms with van der Waals surface area (Å²) >= 11 is 1.54. The van der Waals surface area contributed by atoms with E-state index in [1.165, 1.54) is 11.3 Å². The van der Waals surface area contributed by atoms with Crippen LogP contribution < -0.4 is 0 Å². The van der Waals surface area contributed by atoms with Crippen molar-refractivity contribution < 1.29 is 4.79 Å². The van der Waals surface area contributed by atoms with E-state index in [1.807, 2.05) is 29.7 Å². The maximum atomic E-state index is 12.3. The van der Waals surface area contributed by atoms with Crippen LogP contribution in [-0.2, 0) is 11.3 Å². The van der Waals surface area contributed by atoms with Crippen molar-refractivity contribution in [1.82, 2.24) is 14.5 Å². The minimum atomic E-state index is -0.0301. The molecule has 3 rings (SSSR count). The topological polar surface area (TPSA) is 38.1 Å². The van der Waals surface area contributed by atoms with Crippen LogP contribution in [0.4, 0.5) is 0 Å². The molecule has 0 saturated carbocycles.